The molecule has 6 N–H and O–H groups in total. The van der Waals surface area contributed by atoms with Crippen molar-refractivity contribution < 1.29 is 33.3 Å². The number of rotatable bonds is 5. The van der Waals surface area contributed by atoms with E-state index in [0.29, 0.717) is 12.1 Å². The van der Waals surface area contributed by atoms with E-state index in [2.05, 4.69) is 0 Å². The molecule has 0 aliphatic carbocycles. The number of hydrazine groups is 1. The number of carbonyl (C=O) groups is 1. The van der Waals surface area contributed by atoms with E-state index in [9.17, 15) is 28.2 Å². The molecule has 0 amide bonds. The van der Waals surface area contributed by atoms with Gasteiger partial charge in [-0.3, -0.25) is 10.6 Å². The first-order valence-corrected chi connectivity index (χ1v) is 5.42. The fraction of sp³-hybridized carbons (Fsp3) is 0.364. The summed E-state index contributed by atoms with van der Waals surface area (Å²) in [5.74, 6) is 3.72. The van der Waals surface area contributed by atoms with E-state index in [1.54, 1.807) is 0 Å². The van der Waals surface area contributed by atoms with Gasteiger partial charge in [0.25, 0.3) is 0 Å². The lowest BCUT2D eigenvalue weighted by Gasteiger charge is -2.20. The molecule has 0 fully saturated rings. The van der Waals surface area contributed by atoms with Gasteiger partial charge in [0.2, 0.25) is 0 Å². The highest BCUT2D eigenvalue weighted by molar-refractivity contribution is 5.67. The van der Waals surface area contributed by atoms with Crippen molar-refractivity contribution >= 4 is 11.7 Å². The number of alkyl halides is 3. The second-order valence-corrected chi connectivity index (χ2v) is 4.05. The highest BCUT2D eigenvalue weighted by Crippen LogP contribution is 2.34. The molecule has 0 heterocycles. The number of aliphatic hydroxyl groups excluding tert-OH is 2. The molecule has 9 heteroatoms. The van der Waals surface area contributed by atoms with Crippen LogP contribution in [0, 0.1) is 0 Å². The second kappa shape index (κ2) is 6.07. The molecule has 0 bridgehead atoms. The molecule has 6 nitrogen and oxygen atoms in total. The second-order valence-electron chi connectivity index (χ2n) is 4.05. The number of hydrogen-bond donors (Lipinski definition) is 5. The SMILES string of the molecule is NNc1cc(C(F)(F)F)ccc1C(O)C(O)CC(=O)O. The first-order chi connectivity index (χ1) is 9.16. The van der Waals surface area contributed by atoms with E-state index in [1.165, 1.54) is 0 Å². The molecule has 112 valence electrons. The quantitative estimate of drug-likeness (QED) is 0.406. The van der Waals surface area contributed by atoms with Crippen LogP contribution in [0.2, 0.25) is 0 Å². The van der Waals surface area contributed by atoms with Crippen LogP contribution in [-0.4, -0.2) is 27.4 Å². The normalized spacial score (nSPS) is 14.7. The van der Waals surface area contributed by atoms with Crippen LogP contribution in [0.25, 0.3) is 0 Å². The minimum atomic E-state index is -4.59. The molecule has 2 unspecified atom stereocenters. The Labute approximate surface area is 111 Å². The van der Waals surface area contributed by atoms with Gasteiger partial charge in [-0.2, -0.15) is 13.2 Å². The summed E-state index contributed by atoms with van der Waals surface area (Å²) < 4.78 is 37.5. The summed E-state index contributed by atoms with van der Waals surface area (Å²) >= 11 is 0. The Balaban J connectivity index is 3.09. The van der Waals surface area contributed by atoms with Crippen molar-refractivity contribution in [3.05, 3.63) is 29.3 Å². The average molecular weight is 294 g/mol. The van der Waals surface area contributed by atoms with E-state index in [-0.39, 0.29) is 11.3 Å². The lowest BCUT2D eigenvalue weighted by Crippen LogP contribution is -2.24. The molecule has 1 aromatic carbocycles. The third kappa shape index (κ3) is 3.83. The standard InChI is InChI=1S/C11H13F3N2O4/c12-11(13,14)5-1-2-6(7(3-5)16-15)10(20)8(17)4-9(18)19/h1-3,8,10,16-17,20H,4,15H2,(H,18,19). The maximum Gasteiger partial charge on any atom is 0.416 e. The predicted octanol–water partition coefficient (Wildman–Crippen LogP) is 0.860. The average Bonchev–Trinajstić information content (AvgIpc) is 2.35. The molecular formula is C11H13F3N2O4. The summed E-state index contributed by atoms with van der Waals surface area (Å²) in [7, 11) is 0. The Morgan fingerprint density at radius 3 is 2.40 bits per heavy atom. The molecule has 20 heavy (non-hydrogen) atoms. The van der Waals surface area contributed by atoms with Crippen LogP contribution in [0.15, 0.2) is 18.2 Å². The molecule has 1 rings (SSSR count). The highest BCUT2D eigenvalue weighted by atomic mass is 19.4. The highest BCUT2D eigenvalue weighted by Gasteiger charge is 2.32. The smallest absolute Gasteiger partial charge is 0.416 e. The van der Waals surface area contributed by atoms with Crippen molar-refractivity contribution in [2.45, 2.75) is 24.8 Å². The van der Waals surface area contributed by atoms with Crippen molar-refractivity contribution in [2.24, 2.45) is 5.84 Å². The van der Waals surface area contributed by atoms with E-state index < -0.39 is 36.3 Å². The number of halogens is 3. The fourth-order valence-electron chi connectivity index (χ4n) is 1.61. The zero-order valence-corrected chi connectivity index (χ0v) is 10.1. The van der Waals surface area contributed by atoms with Crippen molar-refractivity contribution in [1.29, 1.82) is 0 Å². The van der Waals surface area contributed by atoms with Gasteiger partial charge in [-0.25, -0.2) is 0 Å². The largest absolute Gasteiger partial charge is 0.481 e. The number of carboxylic acid groups (broad SMARTS) is 1. The van der Waals surface area contributed by atoms with Crippen LogP contribution >= 0.6 is 0 Å². The van der Waals surface area contributed by atoms with Crippen LogP contribution in [0.1, 0.15) is 23.7 Å². The summed E-state index contributed by atoms with van der Waals surface area (Å²) in [5.41, 5.74) is 0.604. The summed E-state index contributed by atoms with van der Waals surface area (Å²) in [6.07, 6.45) is -8.70. The number of hydrogen-bond acceptors (Lipinski definition) is 5. The van der Waals surface area contributed by atoms with E-state index in [0.717, 1.165) is 6.07 Å². The number of carboxylic acids is 1. The summed E-state index contributed by atoms with van der Waals surface area (Å²) in [6, 6.07) is 2.28. The van der Waals surface area contributed by atoms with Gasteiger partial charge in [-0.1, -0.05) is 6.07 Å². The zero-order chi connectivity index (χ0) is 15.5. The lowest BCUT2D eigenvalue weighted by molar-refractivity contribution is -0.141. The van der Waals surface area contributed by atoms with Crippen LogP contribution in [-0.2, 0) is 11.0 Å². The van der Waals surface area contributed by atoms with Crippen molar-refractivity contribution in [2.75, 3.05) is 5.43 Å². The summed E-state index contributed by atoms with van der Waals surface area (Å²) in [4.78, 5) is 10.4. The number of nitrogens with one attached hydrogen (secondary N) is 1. The van der Waals surface area contributed by atoms with E-state index in [1.807, 2.05) is 5.43 Å². The molecule has 1 aromatic rings. The van der Waals surface area contributed by atoms with Crippen LogP contribution in [0.5, 0.6) is 0 Å². The van der Waals surface area contributed by atoms with Crippen molar-refractivity contribution in [3.8, 4) is 0 Å². The number of aliphatic carboxylic acids is 1. The monoisotopic (exact) mass is 294 g/mol. The number of benzene rings is 1. The summed E-state index contributed by atoms with van der Waals surface area (Å²) in [5, 5.41) is 27.7. The zero-order valence-electron chi connectivity index (χ0n) is 10.1. The number of aliphatic hydroxyl groups is 2. The molecule has 0 saturated heterocycles. The summed E-state index contributed by atoms with van der Waals surface area (Å²) in [6.45, 7) is 0. The third-order valence-electron chi connectivity index (χ3n) is 2.60. The number of anilines is 1. The minimum Gasteiger partial charge on any atom is -0.481 e. The maximum atomic E-state index is 12.5. The molecule has 0 saturated carbocycles. The molecular weight excluding hydrogens is 281 g/mol. The van der Waals surface area contributed by atoms with E-state index >= 15 is 0 Å². The Bertz CT molecular complexity index is 493. The number of nitrogens with two attached hydrogens (primary N) is 1. The van der Waals surface area contributed by atoms with Crippen molar-refractivity contribution in [1.82, 2.24) is 0 Å². The van der Waals surface area contributed by atoms with Gasteiger partial charge >= 0.3 is 12.1 Å². The first kappa shape index (κ1) is 16.2. The number of nitrogen functional groups attached to an aromatic ring is 1. The Morgan fingerprint density at radius 1 is 1.35 bits per heavy atom. The first-order valence-electron chi connectivity index (χ1n) is 5.42. The topological polar surface area (TPSA) is 116 Å². The van der Waals surface area contributed by atoms with Gasteiger partial charge in [0.1, 0.15) is 6.10 Å². The van der Waals surface area contributed by atoms with Crippen LogP contribution in [0.3, 0.4) is 0 Å². The minimum absolute atomic E-state index is 0.130. The molecule has 0 spiro atoms. The van der Waals surface area contributed by atoms with Gasteiger partial charge in [-0.15, -0.1) is 0 Å². The molecule has 0 aliphatic rings. The van der Waals surface area contributed by atoms with Crippen LogP contribution in [0.4, 0.5) is 18.9 Å². The van der Waals surface area contributed by atoms with E-state index in [4.69, 9.17) is 10.9 Å². The Hall–Kier alpha value is -1.84. The molecule has 2 atom stereocenters. The van der Waals surface area contributed by atoms with Gasteiger partial charge in [-0.05, 0) is 12.1 Å². The molecule has 0 aliphatic heterocycles. The lowest BCUT2D eigenvalue weighted by atomic mass is 9.98. The Kier molecular flexibility index (Phi) is 4.93. The van der Waals surface area contributed by atoms with Crippen LogP contribution < -0.4 is 11.3 Å². The Morgan fingerprint density at radius 2 is 1.95 bits per heavy atom. The predicted molar refractivity (Wildman–Crippen MR) is 62.5 cm³/mol. The molecule has 0 radical (unpaired) electrons. The van der Waals surface area contributed by atoms with Gasteiger partial charge in [0.15, 0.2) is 0 Å². The molecule has 0 aromatic heterocycles. The van der Waals surface area contributed by atoms with Gasteiger partial charge in [0.05, 0.1) is 23.8 Å². The van der Waals surface area contributed by atoms with Gasteiger partial charge < -0.3 is 20.7 Å². The van der Waals surface area contributed by atoms with Crippen molar-refractivity contribution in [3.63, 3.8) is 0 Å². The van der Waals surface area contributed by atoms with Gasteiger partial charge in [0, 0.05) is 5.56 Å². The third-order valence-corrected chi connectivity index (χ3v) is 2.60. The fourth-order valence-corrected chi connectivity index (χ4v) is 1.61. The maximum absolute atomic E-state index is 12.5.